The number of aliphatic hydroxyl groups is 1. The van der Waals surface area contributed by atoms with Crippen LogP contribution in [-0.2, 0) is 9.53 Å². The highest BCUT2D eigenvalue weighted by molar-refractivity contribution is 5.78. The molecule has 1 aliphatic carbocycles. The van der Waals surface area contributed by atoms with Crippen LogP contribution < -0.4 is 5.32 Å². The Bertz CT molecular complexity index is 247. The van der Waals surface area contributed by atoms with Crippen LogP contribution in [0.15, 0.2) is 0 Å². The third-order valence-corrected chi connectivity index (χ3v) is 3.75. The summed E-state index contributed by atoms with van der Waals surface area (Å²) in [6, 6.07) is 0.339. The van der Waals surface area contributed by atoms with Crippen LogP contribution in [0.3, 0.4) is 0 Å². The average molecular weight is 243 g/mol. The van der Waals surface area contributed by atoms with Gasteiger partial charge in [0.25, 0.3) is 0 Å². The first-order valence-corrected chi connectivity index (χ1v) is 6.51. The van der Waals surface area contributed by atoms with Crippen LogP contribution in [-0.4, -0.2) is 36.4 Å². The van der Waals surface area contributed by atoms with E-state index in [1.54, 1.807) is 0 Å². The fraction of sp³-hybridized carbons (Fsp3) is 0.923. The van der Waals surface area contributed by atoms with E-state index in [1.165, 1.54) is 46.1 Å². The standard InChI is InChI=1S/C13H25NO3/c1-10(11-7-5-4-6-8-11)14-9-13(2,16)12(15)17-3/h10-11,14,16H,4-9H2,1-3H3. The highest BCUT2D eigenvalue weighted by atomic mass is 16.5. The van der Waals surface area contributed by atoms with Crippen LogP contribution in [0, 0.1) is 5.92 Å². The Kier molecular flexibility index (Phi) is 5.40. The van der Waals surface area contributed by atoms with Crippen molar-refractivity contribution in [3.8, 4) is 0 Å². The molecule has 0 radical (unpaired) electrons. The first-order chi connectivity index (χ1) is 7.97. The largest absolute Gasteiger partial charge is 0.467 e. The molecular formula is C13H25NO3. The zero-order valence-electron chi connectivity index (χ0n) is 11.2. The summed E-state index contributed by atoms with van der Waals surface area (Å²) >= 11 is 0. The lowest BCUT2D eigenvalue weighted by molar-refractivity contribution is -0.160. The van der Waals surface area contributed by atoms with E-state index in [2.05, 4.69) is 17.0 Å². The number of carbonyl (C=O) groups excluding carboxylic acids is 1. The molecule has 2 N–H and O–H groups in total. The second-order valence-electron chi connectivity index (χ2n) is 5.33. The topological polar surface area (TPSA) is 58.6 Å². The molecular weight excluding hydrogens is 218 g/mol. The second kappa shape index (κ2) is 6.36. The molecule has 1 rings (SSSR count). The minimum atomic E-state index is -1.43. The van der Waals surface area contributed by atoms with Crippen molar-refractivity contribution in [2.75, 3.05) is 13.7 Å². The molecule has 0 aliphatic heterocycles. The van der Waals surface area contributed by atoms with Crippen molar-refractivity contribution < 1.29 is 14.6 Å². The van der Waals surface area contributed by atoms with E-state index in [1.807, 2.05) is 0 Å². The Morgan fingerprint density at radius 1 is 1.47 bits per heavy atom. The molecule has 0 spiro atoms. The van der Waals surface area contributed by atoms with E-state index in [9.17, 15) is 9.90 Å². The van der Waals surface area contributed by atoms with Crippen molar-refractivity contribution >= 4 is 5.97 Å². The quantitative estimate of drug-likeness (QED) is 0.718. The molecule has 1 fully saturated rings. The van der Waals surface area contributed by atoms with Gasteiger partial charge < -0.3 is 15.2 Å². The second-order valence-corrected chi connectivity index (χ2v) is 5.33. The lowest BCUT2D eigenvalue weighted by atomic mass is 9.84. The first kappa shape index (κ1) is 14.5. The molecule has 0 amide bonds. The molecule has 4 nitrogen and oxygen atoms in total. The van der Waals surface area contributed by atoms with Crippen LogP contribution in [0.4, 0.5) is 0 Å². The van der Waals surface area contributed by atoms with Crippen molar-refractivity contribution in [2.24, 2.45) is 5.92 Å². The van der Waals surface area contributed by atoms with Crippen LogP contribution in [0.1, 0.15) is 46.0 Å². The molecule has 2 unspecified atom stereocenters. The summed E-state index contributed by atoms with van der Waals surface area (Å²) in [7, 11) is 1.29. The van der Waals surface area contributed by atoms with Gasteiger partial charge in [-0.1, -0.05) is 19.3 Å². The lowest BCUT2D eigenvalue weighted by Gasteiger charge is -2.30. The number of carbonyl (C=O) groups is 1. The highest BCUT2D eigenvalue weighted by Gasteiger charge is 2.32. The summed E-state index contributed by atoms with van der Waals surface area (Å²) in [5, 5.41) is 13.2. The van der Waals surface area contributed by atoms with Gasteiger partial charge in [0.05, 0.1) is 7.11 Å². The maximum Gasteiger partial charge on any atom is 0.338 e. The maximum absolute atomic E-state index is 11.3. The van der Waals surface area contributed by atoms with Gasteiger partial charge in [0.15, 0.2) is 5.60 Å². The third-order valence-electron chi connectivity index (χ3n) is 3.75. The summed E-state index contributed by atoms with van der Waals surface area (Å²) < 4.78 is 4.56. The van der Waals surface area contributed by atoms with Crippen molar-refractivity contribution in [1.82, 2.24) is 5.32 Å². The summed E-state index contributed by atoms with van der Waals surface area (Å²) in [6.45, 7) is 3.86. The third kappa shape index (κ3) is 4.28. The molecule has 0 bridgehead atoms. The number of hydrogen-bond donors (Lipinski definition) is 2. The van der Waals surface area contributed by atoms with Crippen LogP contribution >= 0.6 is 0 Å². The summed E-state index contributed by atoms with van der Waals surface area (Å²) in [6.07, 6.45) is 6.42. The van der Waals surface area contributed by atoms with E-state index in [0.29, 0.717) is 12.0 Å². The van der Waals surface area contributed by atoms with Gasteiger partial charge in [-0.15, -0.1) is 0 Å². The fourth-order valence-corrected chi connectivity index (χ4v) is 2.45. The number of esters is 1. The average Bonchev–Trinajstić information content (AvgIpc) is 2.36. The predicted molar refractivity (Wildman–Crippen MR) is 66.7 cm³/mol. The van der Waals surface area contributed by atoms with Gasteiger partial charge in [0.2, 0.25) is 0 Å². The minimum absolute atomic E-state index is 0.247. The van der Waals surface area contributed by atoms with Crippen molar-refractivity contribution in [3.63, 3.8) is 0 Å². The Labute approximate surface area is 104 Å². The predicted octanol–water partition coefficient (Wildman–Crippen LogP) is 1.47. The number of ether oxygens (including phenoxy) is 1. The normalized spacial score (nSPS) is 22.8. The molecule has 100 valence electrons. The Morgan fingerprint density at radius 3 is 2.59 bits per heavy atom. The van der Waals surface area contributed by atoms with E-state index in [0.717, 1.165) is 0 Å². The lowest BCUT2D eigenvalue weighted by Crippen LogP contribution is -2.49. The molecule has 0 aromatic rings. The molecule has 2 atom stereocenters. The van der Waals surface area contributed by atoms with Gasteiger partial charge in [0.1, 0.15) is 0 Å². The first-order valence-electron chi connectivity index (χ1n) is 6.51. The highest BCUT2D eigenvalue weighted by Crippen LogP contribution is 2.26. The molecule has 0 saturated heterocycles. The smallest absolute Gasteiger partial charge is 0.338 e. The van der Waals surface area contributed by atoms with Gasteiger partial charge in [-0.25, -0.2) is 4.79 Å². The van der Waals surface area contributed by atoms with Crippen LogP contribution in [0.25, 0.3) is 0 Å². The van der Waals surface area contributed by atoms with Crippen molar-refractivity contribution in [3.05, 3.63) is 0 Å². The summed E-state index contributed by atoms with van der Waals surface area (Å²) in [4.78, 5) is 11.3. The number of nitrogens with one attached hydrogen (secondary N) is 1. The SMILES string of the molecule is COC(=O)C(C)(O)CNC(C)C1CCCCC1. The Balaban J connectivity index is 2.36. The summed E-state index contributed by atoms with van der Waals surface area (Å²) in [5.74, 6) is 0.0815. The van der Waals surface area contributed by atoms with E-state index in [4.69, 9.17) is 0 Å². The minimum Gasteiger partial charge on any atom is -0.467 e. The van der Waals surface area contributed by atoms with E-state index in [-0.39, 0.29) is 6.54 Å². The number of hydrogen-bond acceptors (Lipinski definition) is 4. The molecule has 1 saturated carbocycles. The fourth-order valence-electron chi connectivity index (χ4n) is 2.45. The molecule has 4 heteroatoms. The molecule has 1 aliphatic rings. The molecule has 0 heterocycles. The van der Waals surface area contributed by atoms with Crippen LogP contribution in [0.2, 0.25) is 0 Å². The van der Waals surface area contributed by atoms with Gasteiger partial charge in [-0.3, -0.25) is 0 Å². The van der Waals surface area contributed by atoms with Gasteiger partial charge >= 0.3 is 5.97 Å². The zero-order chi connectivity index (χ0) is 12.9. The number of methoxy groups -OCH3 is 1. The van der Waals surface area contributed by atoms with E-state index < -0.39 is 11.6 Å². The molecule has 0 aromatic heterocycles. The van der Waals surface area contributed by atoms with E-state index >= 15 is 0 Å². The maximum atomic E-state index is 11.3. The van der Waals surface area contributed by atoms with Gasteiger partial charge in [0, 0.05) is 12.6 Å². The van der Waals surface area contributed by atoms with Crippen molar-refractivity contribution in [2.45, 2.75) is 57.6 Å². The van der Waals surface area contributed by atoms with Gasteiger partial charge in [-0.05, 0) is 32.6 Å². The van der Waals surface area contributed by atoms with Gasteiger partial charge in [-0.2, -0.15) is 0 Å². The Morgan fingerprint density at radius 2 is 2.06 bits per heavy atom. The Hall–Kier alpha value is -0.610. The zero-order valence-corrected chi connectivity index (χ0v) is 11.2. The summed E-state index contributed by atoms with van der Waals surface area (Å²) in [5.41, 5.74) is -1.43. The molecule has 17 heavy (non-hydrogen) atoms. The monoisotopic (exact) mass is 243 g/mol. The number of rotatable bonds is 5. The van der Waals surface area contributed by atoms with Crippen molar-refractivity contribution in [1.29, 1.82) is 0 Å². The van der Waals surface area contributed by atoms with Crippen LogP contribution in [0.5, 0.6) is 0 Å². The molecule has 0 aromatic carbocycles.